The molecule has 3 rings (SSSR count). The largest absolute Gasteiger partial charge is 0.386 e. The van der Waals surface area contributed by atoms with Gasteiger partial charge in [-0.05, 0) is 25.3 Å². The van der Waals surface area contributed by atoms with E-state index in [1.165, 1.54) is 6.92 Å². The van der Waals surface area contributed by atoms with Crippen LogP contribution >= 0.6 is 11.6 Å². The molecule has 0 bridgehead atoms. The lowest BCUT2D eigenvalue weighted by atomic mass is 10.0. The van der Waals surface area contributed by atoms with Gasteiger partial charge < -0.3 is 10.0 Å². The molecule has 132 valence electrons. The molecule has 0 amide bonds. The number of halogens is 1. The van der Waals surface area contributed by atoms with Crippen LogP contribution in [0.4, 0.5) is 5.82 Å². The van der Waals surface area contributed by atoms with Crippen molar-refractivity contribution in [1.29, 1.82) is 0 Å². The SMILES string of the molecule is CC(=O)c1nc(C2CC2)nc(N(C)C(C)C(O)c2ccccc2)c1Cl. The number of Topliss-reactive ketones (excluding diaryl/α,β-unsaturated/α-hetero) is 1. The van der Waals surface area contributed by atoms with E-state index in [-0.39, 0.29) is 22.5 Å². The van der Waals surface area contributed by atoms with Gasteiger partial charge in [-0.3, -0.25) is 4.79 Å². The van der Waals surface area contributed by atoms with Crippen molar-refractivity contribution in [2.24, 2.45) is 0 Å². The second-order valence-electron chi connectivity index (χ2n) is 6.61. The zero-order chi connectivity index (χ0) is 18.1. The van der Waals surface area contributed by atoms with Gasteiger partial charge in [0.25, 0.3) is 0 Å². The summed E-state index contributed by atoms with van der Waals surface area (Å²) in [5.41, 5.74) is 1.07. The number of aliphatic hydroxyl groups is 1. The Morgan fingerprint density at radius 3 is 2.48 bits per heavy atom. The molecule has 2 atom stereocenters. The lowest BCUT2D eigenvalue weighted by molar-refractivity contribution is 0.101. The minimum Gasteiger partial charge on any atom is -0.386 e. The number of aromatic nitrogens is 2. The van der Waals surface area contributed by atoms with Crippen LogP contribution < -0.4 is 4.90 Å². The van der Waals surface area contributed by atoms with Gasteiger partial charge in [-0.1, -0.05) is 41.9 Å². The zero-order valence-electron chi connectivity index (χ0n) is 14.6. The Balaban J connectivity index is 1.95. The minimum atomic E-state index is -0.706. The van der Waals surface area contributed by atoms with Crippen molar-refractivity contribution in [3.63, 3.8) is 0 Å². The Morgan fingerprint density at radius 2 is 1.92 bits per heavy atom. The highest BCUT2D eigenvalue weighted by Gasteiger charge is 2.31. The van der Waals surface area contributed by atoms with E-state index >= 15 is 0 Å². The molecular weight excluding hydrogens is 338 g/mol. The first-order valence-corrected chi connectivity index (χ1v) is 8.82. The maximum absolute atomic E-state index is 11.9. The number of nitrogens with zero attached hydrogens (tertiary/aromatic N) is 3. The van der Waals surface area contributed by atoms with E-state index in [1.54, 1.807) is 0 Å². The Kier molecular flexibility index (Phi) is 5.06. The number of rotatable bonds is 6. The van der Waals surface area contributed by atoms with E-state index in [4.69, 9.17) is 11.6 Å². The third kappa shape index (κ3) is 3.67. The Labute approximate surface area is 152 Å². The fourth-order valence-electron chi connectivity index (χ4n) is 2.78. The highest BCUT2D eigenvalue weighted by atomic mass is 35.5. The number of benzene rings is 1. The summed E-state index contributed by atoms with van der Waals surface area (Å²) in [6, 6.07) is 9.18. The second kappa shape index (κ2) is 7.10. The fourth-order valence-corrected chi connectivity index (χ4v) is 3.13. The van der Waals surface area contributed by atoms with Gasteiger partial charge in [-0.15, -0.1) is 0 Å². The van der Waals surface area contributed by atoms with Crippen LogP contribution in [0.1, 0.15) is 60.6 Å². The molecule has 0 aliphatic heterocycles. The summed E-state index contributed by atoms with van der Waals surface area (Å²) in [6.07, 6.45) is 1.36. The summed E-state index contributed by atoms with van der Waals surface area (Å²) in [4.78, 5) is 22.7. The monoisotopic (exact) mass is 359 g/mol. The Morgan fingerprint density at radius 1 is 1.28 bits per heavy atom. The van der Waals surface area contributed by atoms with Gasteiger partial charge in [0, 0.05) is 19.9 Å². The second-order valence-corrected chi connectivity index (χ2v) is 6.98. The van der Waals surface area contributed by atoms with E-state index in [9.17, 15) is 9.90 Å². The van der Waals surface area contributed by atoms with Crippen LogP contribution in [-0.2, 0) is 0 Å². The van der Waals surface area contributed by atoms with Gasteiger partial charge in [0.1, 0.15) is 16.5 Å². The molecule has 1 heterocycles. The summed E-state index contributed by atoms with van der Waals surface area (Å²) < 4.78 is 0. The van der Waals surface area contributed by atoms with Gasteiger partial charge in [-0.2, -0.15) is 0 Å². The molecule has 1 fully saturated rings. The molecule has 0 spiro atoms. The Hall–Kier alpha value is -1.98. The lowest BCUT2D eigenvalue weighted by Crippen LogP contribution is -2.35. The molecular formula is C19H22ClN3O2. The lowest BCUT2D eigenvalue weighted by Gasteiger charge is -2.31. The first-order valence-electron chi connectivity index (χ1n) is 8.44. The number of hydrogen-bond donors (Lipinski definition) is 1. The predicted molar refractivity (Wildman–Crippen MR) is 98.3 cm³/mol. The van der Waals surface area contributed by atoms with E-state index in [0.29, 0.717) is 17.6 Å². The molecule has 0 radical (unpaired) electrons. The molecule has 1 aromatic carbocycles. The normalized spacial score (nSPS) is 16.4. The Bertz CT molecular complexity index is 778. The number of likely N-dealkylation sites (N-methyl/N-ethyl adjacent to an activating group) is 1. The van der Waals surface area contributed by atoms with Crippen LogP contribution in [0.3, 0.4) is 0 Å². The maximum Gasteiger partial charge on any atom is 0.179 e. The number of carbonyl (C=O) groups excluding carboxylic acids is 1. The van der Waals surface area contributed by atoms with Crippen LogP contribution in [0.15, 0.2) is 30.3 Å². The van der Waals surface area contributed by atoms with Crippen molar-refractivity contribution in [2.45, 2.75) is 44.8 Å². The van der Waals surface area contributed by atoms with Crippen LogP contribution in [0.2, 0.25) is 5.02 Å². The third-order valence-corrected chi connectivity index (χ3v) is 5.02. The summed E-state index contributed by atoms with van der Waals surface area (Å²) in [5, 5.41) is 10.9. The van der Waals surface area contributed by atoms with Gasteiger partial charge in [0.2, 0.25) is 0 Å². The van der Waals surface area contributed by atoms with Crippen molar-refractivity contribution in [3.8, 4) is 0 Å². The first kappa shape index (κ1) is 17.8. The quantitative estimate of drug-likeness (QED) is 0.795. The molecule has 1 aromatic heterocycles. The number of carbonyl (C=O) groups is 1. The summed E-state index contributed by atoms with van der Waals surface area (Å²) in [5.74, 6) is 1.28. The van der Waals surface area contributed by atoms with Crippen LogP contribution in [-0.4, -0.2) is 33.9 Å². The van der Waals surface area contributed by atoms with Crippen molar-refractivity contribution >= 4 is 23.2 Å². The number of anilines is 1. The van der Waals surface area contributed by atoms with Crippen molar-refractivity contribution in [3.05, 3.63) is 52.4 Å². The molecule has 1 aliphatic carbocycles. The summed E-state index contributed by atoms with van der Waals surface area (Å²) in [6.45, 7) is 3.36. The summed E-state index contributed by atoms with van der Waals surface area (Å²) >= 11 is 6.42. The molecule has 2 aromatic rings. The molecule has 1 N–H and O–H groups in total. The molecule has 0 saturated heterocycles. The predicted octanol–water partition coefficient (Wildman–Crippen LogP) is 3.77. The molecule has 6 heteroatoms. The van der Waals surface area contributed by atoms with E-state index in [2.05, 4.69) is 9.97 Å². The maximum atomic E-state index is 11.9. The van der Waals surface area contributed by atoms with Crippen LogP contribution in [0, 0.1) is 0 Å². The summed E-state index contributed by atoms with van der Waals surface area (Å²) in [7, 11) is 1.83. The van der Waals surface area contributed by atoms with Crippen molar-refractivity contribution in [1.82, 2.24) is 9.97 Å². The van der Waals surface area contributed by atoms with Crippen molar-refractivity contribution < 1.29 is 9.90 Å². The van der Waals surface area contributed by atoms with Gasteiger partial charge >= 0.3 is 0 Å². The van der Waals surface area contributed by atoms with Gasteiger partial charge in [-0.25, -0.2) is 9.97 Å². The standard InChI is InChI=1S/C19H22ClN3O2/c1-11(17(25)13-7-5-4-6-8-13)23(3)19-15(20)16(12(2)24)21-18(22-19)14-9-10-14/h4-8,11,14,17,25H,9-10H2,1-3H3. The average Bonchev–Trinajstić information content (AvgIpc) is 3.45. The van der Waals surface area contributed by atoms with Crippen molar-refractivity contribution in [2.75, 3.05) is 11.9 Å². The number of ketones is 1. The highest BCUT2D eigenvalue weighted by molar-refractivity contribution is 6.35. The molecule has 1 saturated carbocycles. The van der Waals surface area contributed by atoms with E-state index < -0.39 is 6.10 Å². The first-order chi connectivity index (χ1) is 11.9. The molecule has 5 nitrogen and oxygen atoms in total. The third-order valence-electron chi connectivity index (χ3n) is 4.67. The van der Waals surface area contributed by atoms with Gasteiger partial charge in [0.05, 0.1) is 12.1 Å². The van der Waals surface area contributed by atoms with Crippen LogP contribution in [0.5, 0.6) is 0 Å². The minimum absolute atomic E-state index is 0.180. The van der Waals surface area contributed by atoms with E-state index in [0.717, 1.165) is 18.4 Å². The zero-order valence-corrected chi connectivity index (χ0v) is 15.4. The highest BCUT2D eigenvalue weighted by Crippen LogP contribution is 2.40. The molecule has 1 aliphatic rings. The topological polar surface area (TPSA) is 66.3 Å². The van der Waals surface area contributed by atoms with E-state index in [1.807, 2.05) is 49.2 Å². The average molecular weight is 360 g/mol. The number of aliphatic hydroxyl groups excluding tert-OH is 1. The number of hydrogen-bond acceptors (Lipinski definition) is 5. The molecule has 25 heavy (non-hydrogen) atoms. The smallest absolute Gasteiger partial charge is 0.179 e. The fraction of sp³-hybridized carbons (Fsp3) is 0.421. The molecule has 2 unspecified atom stereocenters. The van der Waals surface area contributed by atoms with Crippen LogP contribution in [0.25, 0.3) is 0 Å². The van der Waals surface area contributed by atoms with Gasteiger partial charge in [0.15, 0.2) is 11.6 Å².